The first kappa shape index (κ1) is 26.6. The van der Waals surface area contributed by atoms with Crippen LogP contribution < -0.4 is 20.7 Å². The summed E-state index contributed by atoms with van der Waals surface area (Å²) in [5.74, 6) is 1.20. The number of carbonyl (C=O) groups excluding carboxylic acids is 1. The van der Waals surface area contributed by atoms with Gasteiger partial charge < -0.3 is 25.1 Å². The fourth-order valence-corrected chi connectivity index (χ4v) is 6.64. The number of amides is 1. The second kappa shape index (κ2) is 11.4. The molecule has 2 aromatic rings. The Labute approximate surface area is 226 Å². The largest absolute Gasteiger partial charge is 0.495 e. The number of nitrogens with zero attached hydrogens (tertiary/aromatic N) is 2. The van der Waals surface area contributed by atoms with Crippen molar-refractivity contribution in [2.24, 2.45) is 5.92 Å². The van der Waals surface area contributed by atoms with Gasteiger partial charge in [-0.25, -0.2) is 0 Å². The molecule has 8 nitrogen and oxygen atoms in total. The molecule has 3 atom stereocenters. The van der Waals surface area contributed by atoms with Crippen molar-refractivity contribution >= 4 is 11.9 Å². The molecule has 3 aliphatic rings. The molecular weight excluding hydrogens is 478 g/mol. The molecular formula is C30H43N5O3. The van der Waals surface area contributed by atoms with E-state index in [1.807, 2.05) is 19.9 Å². The van der Waals surface area contributed by atoms with Crippen molar-refractivity contribution in [3.8, 4) is 5.75 Å². The van der Waals surface area contributed by atoms with Gasteiger partial charge in [-0.3, -0.25) is 9.78 Å². The van der Waals surface area contributed by atoms with Crippen LogP contribution in [0.15, 0.2) is 40.8 Å². The van der Waals surface area contributed by atoms with Crippen molar-refractivity contribution in [3.05, 3.63) is 47.8 Å². The number of hydrogen-bond donors (Lipinski definition) is 3. The van der Waals surface area contributed by atoms with Gasteiger partial charge in [-0.15, -0.1) is 0 Å². The van der Waals surface area contributed by atoms with Crippen LogP contribution in [-0.4, -0.2) is 41.1 Å². The first-order chi connectivity index (χ1) is 18.4. The van der Waals surface area contributed by atoms with E-state index in [9.17, 15) is 4.79 Å². The molecule has 5 rings (SSSR count). The van der Waals surface area contributed by atoms with Gasteiger partial charge >= 0.3 is 0 Å². The Morgan fingerprint density at radius 3 is 2.74 bits per heavy atom. The maximum Gasteiger partial charge on any atom is 0.295 e. The monoisotopic (exact) mass is 521 g/mol. The molecule has 2 saturated carbocycles. The number of ether oxygens (including phenoxy) is 1. The minimum absolute atomic E-state index is 0.0348. The molecule has 2 aromatic heterocycles. The average molecular weight is 522 g/mol. The number of pyridine rings is 1. The molecule has 0 spiro atoms. The highest BCUT2D eigenvalue weighted by molar-refractivity contribution is 5.89. The van der Waals surface area contributed by atoms with Crippen LogP contribution in [0.1, 0.15) is 89.4 Å². The molecule has 0 bridgehead atoms. The second-order valence-electron chi connectivity index (χ2n) is 11.6. The Morgan fingerprint density at radius 1 is 1.21 bits per heavy atom. The fourth-order valence-electron chi connectivity index (χ4n) is 6.64. The van der Waals surface area contributed by atoms with Crippen LogP contribution in [0.2, 0.25) is 0 Å². The van der Waals surface area contributed by atoms with Crippen molar-refractivity contribution in [3.63, 3.8) is 0 Å². The van der Waals surface area contributed by atoms with Gasteiger partial charge in [0.2, 0.25) is 5.91 Å². The fraction of sp³-hybridized carbons (Fsp3) is 0.633. The van der Waals surface area contributed by atoms with Gasteiger partial charge in [0.05, 0.1) is 19.0 Å². The lowest BCUT2D eigenvalue weighted by Crippen LogP contribution is -2.54. The quantitative estimate of drug-likeness (QED) is 0.392. The molecule has 0 saturated heterocycles. The second-order valence-corrected chi connectivity index (χ2v) is 11.6. The summed E-state index contributed by atoms with van der Waals surface area (Å²) in [4.78, 5) is 23.4. The Bertz CT molecular complexity index is 1120. The SMILES string of the molecule is CCc1coc(N[C@@](C)(CC2=CNC3CCCCC23)C(=O)NCC2(c3ccc(OC)cn3)CCCCC2)n1. The Morgan fingerprint density at radius 2 is 2.03 bits per heavy atom. The number of aromatic nitrogens is 2. The summed E-state index contributed by atoms with van der Waals surface area (Å²) >= 11 is 0. The maximum atomic E-state index is 14.1. The highest BCUT2D eigenvalue weighted by Gasteiger charge is 2.42. The van der Waals surface area contributed by atoms with E-state index in [1.165, 1.54) is 37.7 Å². The van der Waals surface area contributed by atoms with E-state index >= 15 is 0 Å². The van der Waals surface area contributed by atoms with E-state index in [4.69, 9.17) is 14.1 Å². The zero-order valence-electron chi connectivity index (χ0n) is 23.1. The van der Waals surface area contributed by atoms with Crippen molar-refractivity contribution in [1.82, 2.24) is 20.6 Å². The number of hydrogen-bond acceptors (Lipinski definition) is 7. The Hall–Kier alpha value is -3.03. The number of anilines is 1. The van der Waals surface area contributed by atoms with Crippen molar-refractivity contribution in [1.29, 1.82) is 0 Å². The zero-order valence-corrected chi connectivity index (χ0v) is 23.1. The first-order valence-corrected chi connectivity index (χ1v) is 14.4. The summed E-state index contributed by atoms with van der Waals surface area (Å²) in [6.07, 6.45) is 17.4. The summed E-state index contributed by atoms with van der Waals surface area (Å²) in [7, 11) is 1.66. The third-order valence-electron chi connectivity index (χ3n) is 8.99. The molecule has 2 unspecified atom stereocenters. The molecule has 3 heterocycles. The van der Waals surface area contributed by atoms with E-state index in [0.717, 1.165) is 49.2 Å². The molecule has 2 fully saturated rings. The van der Waals surface area contributed by atoms with E-state index in [1.54, 1.807) is 19.6 Å². The number of fused-ring (bicyclic) bond motifs is 1. The molecule has 0 aromatic carbocycles. The number of nitrogens with one attached hydrogen (secondary N) is 3. The standard InChI is InChI=1S/C30H43N5O3/c1-4-22-19-38-28(34-22)35-29(2,16-21-17-31-25-11-7-6-10-24(21)25)27(36)33-20-30(14-8-5-9-15-30)26-13-12-23(37-3)18-32-26/h12-13,17-19,24-25,31H,4-11,14-16,20H2,1-3H3,(H,33,36)(H,34,35)/t24?,25?,29-/m0/s1. The topological polar surface area (TPSA) is 101 Å². The number of aryl methyl sites for hydroxylation is 1. The van der Waals surface area contributed by atoms with Gasteiger partial charge in [0.25, 0.3) is 6.01 Å². The number of rotatable bonds is 10. The molecule has 1 aliphatic heterocycles. The number of carbonyl (C=O) groups is 1. The Kier molecular flexibility index (Phi) is 7.96. The van der Waals surface area contributed by atoms with Crippen LogP contribution >= 0.6 is 0 Å². The smallest absolute Gasteiger partial charge is 0.295 e. The average Bonchev–Trinajstić information content (AvgIpc) is 3.59. The summed E-state index contributed by atoms with van der Waals surface area (Å²) in [6.45, 7) is 4.58. The predicted molar refractivity (Wildman–Crippen MR) is 148 cm³/mol. The van der Waals surface area contributed by atoms with E-state index < -0.39 is 5.54 Å². The van der Waals surface area contributed by atoms with Crippen LogP contribution in [0.5, 0.6) is 5.75 Å². The van der Waals surface area contributed by atoms with Crippen LogP contribution in [0.4, 0.5) is 6.01 Å². The van der Waals surface area contributed by atoms with Gasteiger partial charge in [0.15, 0.2) is 0 Å². The van der Waals surface area contributed by atoms with Gasteiger partial charge in [-0.05, 0) is 62.9 Å². The molecule has 0 radical (unpaired) electrons. The lowest BCUT2D eigenvalue weighted by atomic mass is 9.71. The zero-order chi connectivity index (χ0) is 26.6. The Balaban J connectivity index is 1.36. The summed E-state index contributed by atoms with van der Waals surface area (Å²) < 4.78 is 11.1. The molecule has 38 heavy (non-hydrogen) atoms. The van der Waals surface area contributed by atoms with Crippen LogP contribution in [0, 0.1) is 5.92 Å². The van der Waals surface area contributed by atoms with Crippen LogP contribution in [0.25, 0.3) is 0 Å². The normalized spacial score (nSPS) is 23.9. The highest BCUT2D eigenvalue weighted by atomic mass is 16.5. The van der Waals surface area contributed by atoms with Crippen molar-refractivity contribution in [2.45, 2.75) is 101 Å². The van der Waals surface area contributed by atoms with E-state index in [0.29, 0.717) is 30.9 Å². The predicted octanol–water partition coefficient (Wildman–Crippen LogP) is 5.27. The molecule has 3 N–H and O–H groups in total. The number of oxazole rings is 1. The summed E-state index contributed by atoms with van der Waals surface area (Å²) in [6, 6.07) is 4.92. The van der Waals surface area contributed by atoms with Gasteiger partial charge in [0, 0.05) is 36.0 Å². The molecule has 1 amide bonds. The first-order valence-electron chi connectivity index (χ1n) is 14.4. The minimum Gasteiger partial charge on any atom is -0.495 e. The summed E-state index contributed by atoms with van der Waals surface area (Å²) in [5.41, 5.74) is 2.13. The van der Waals surface area contributed by atoms with Gasteiger partial charge in [-0.2, -0.15) is 4.98 Å². The lowest BCUT2D eigenvalue weighted by Gasteiger charge is -2.39. The van der Waals surface area contributed by atoms with Crippen molar-refractivity contribution in [2.75, 3.05) is 19.0 Å². The van der Waals surface area contributed by atoms with Crippen LogP contribution in [-0.2, 0) is 16.6 Å². The summed E-state index contributed by atoms with van der Waals surface area (Å²) in [5, 5.41) is 10.3. The third kappa shape index (κ3) is 5.54. The third-order valence-corrected chi connectivity index (χ3v) is 8.99. The molecule has 8 heteroatoms. The van der Waals surface area contributed by atoms with Crippen molar-refractivity contribution < 1.29 is 13.9 Å². The number of methoxy groups -OCH3 is 1. The molecule has 206 valence electrons. The van der Waals surface area contributed by atoms with Gasteiger partial charge in [-0.1, -0.05) is 39.0 Å². The van der Waals surface area contributed by atoms with Gasteiger partial charge in [0.1, 0.15) is 17.6 Å². The molecule has 2 aliphatic carbocycles. The van der Waals surface area contributed by atoms with E-state index in [-0.39, 0.29) is 11.3 Å². The van der Waals surface area contributed by atoms with E-state index in [2.05, 4.69) is 33.2 Å². The highest BCUT2D eigenvalue weighted by Crippen LogP contribution is 2.40. The van der Waals surface area contributed by atoms with Crippen LogP contribution in [0.3, 0.4) is 0 Å². The lowest BCUT2D eigenvalue weighted by molar-refractivity contribution is -0.125. The minimum atomic E-state index is -0.904. The maximum absolute atomic E-state index is 14.1.